The molecule has 2 rings (SSSR count). The van der Waals surface area contributed by atoms with Gasteiger partial charge in [0.15, 0.2) is 0 Å². The van der Waals surface area contributed by atoms with Gasteiger partial charge in [0.05, 0.1) is 10.9 Å². The Kier molecular flexibility index (Phi) is 3.56. The monoisotopic (exact) mass is 284 g/mol. The molecule has 0 amide bonds. The van der Waals surface area contributed by atoms with E-state index in [4.69, 9.17) is 9.79 Å². The number of rotatable bonds is 3. The molecule has 1 heterocycles. The van der Waals surface area contributed by atoms with E-state index < -0.39 is 14.6 Å². The number of nitrogens with zero attached hydrogens (tertiary/aromatic N) is 2. The molecule has 1 aromatic carbocycles. The van der Waals surface area contributed by atoms with Gasteiger partial charge in [-0.3, -0.25) is 13.9 Å². The summed E-state index contributed by atoms with van der Waals surface area (Å²) < 4.78 is 16.1. The number of hydrogen-bond acceptors (Lipinski definition) is 4. The van der Waals surface area contributed by atoms with Crippen molar-refractivity contribution in [1.29, 1.82) is 0 Å². The Morgan fingerprint density at radius 2 is 2.05 bits per heavy atom. The second-order valence-corrected chi connectivity index (χ2v) is 5.35. The van der Waals surface area contributed by atoms with Crippen LogP contribution in [0.5, 0.6) is 0 Å². The van der Waals surface area contributed by atoms with Crippen LogP contribution >= 0.6 is 7.82 Å². The summed E-state index contributed by atoms with van der Waals surface area (Å²) in [5.74, 6) is 0.334. The highest BCUT2D eigenvalue weighted by atomic mass is 31.2. The van der Waals surface area contributed by atoms with Crippen molar-refractivity contribution in [2.75, 3.05) is 0 Å². The molecule has 8 heteroatoms. The van der Waals surface area contributed by atoms with E-state index in [-0.39, 0.29) is 5.56 Å². The minimum atomic E-state index is -4.63. The van der Waals surface area contributed by atoms with E-state index in [0.717, 1.165) is 10.1 Å². The molecular weight excluding hydrogens is 271 g/mol. The molecule has 102 valence electrons. The van der Waals surface area contributed by atoms with Crippen molar-refractivity contribution in [2.45, 2.75) is 20.6 Å². The molecule has 0 saturated heterocycles. The summed E-state index contributed by atoms with van der Waals surface area (Å²) in [6.45, 7) is 2.88. The molecular formula is C11H13N2O5P. The lowest BCUT2D eigenvalue weighted by atomic mass is 10.1. The zero-order valence-corrected chi connectivity index (χ0v) is 11.3. The molecule has 2 aromatic rings. The van der Waals surface area contributed by atoms with Gasteiger partial charge in [-0.05, 0) is 25.5 Å². The summed E-state index contributed by atoms with van der Waals surface area (Å²) in [5, 5.41) is 0.389. The van der Waals surface area contributed by atoms with Crippen LogP contribution in [0, 0.1) is 13.8 Å². The number of phosphoric acid groups is 1. The maximum atomic E-state index is 12.2. The second-order valence-electron chi connectivity index (χ2n) is 4.11. The maximum absolute atomic E-state index is 12.2. The number of phosphoric ester groups is 1. The minimum absolute atomic E-state index is 0.334. The predicted molar refractivity (Wildman–Crippen MR) is 68.6 cm³/mol. The van der Waals surface area contributed by atoms with E-state index in [1.807, 2.05) is 13.0 Å². The Hall–Kier alpha value is -1.53. The molecule has 2 N–H and O–H groups in total. The fraction of sp³-hybridized carbons (Fsp3) is 0.273. The van der Waals surface area contributed by atoms with E-state index in [2.05, 4.69) is 9.51 Å². The second kappa shape index (κ2) is 4.86. The maximum Gasteiger partial charge on any atom is 0.471 e. The first-order valence-electron chi connectivity index (χ1n) is 5.46. The third-order valence-corrected chi connectivity index (χ3v) is 3.18. The molecule has 0 bridgehead atoms. The Morgan fingerprint density at radius 3 is 2.68 bits per heavy atom. The zero-order chi connectivity index (χ0) is 14.2. The van der Waals surface area contributed by atoms with Gasteiger partial charge in [-0.25, -0.2) is 9.55 Å². The Bertz CT molecular complexity index is 734. The Balaban J connectivity index is 2.57. The summed E-state index contributed by atoms with van der Waals surface area (Å²) in [6, 6.07) is 5.18. The average Bonchev–Trinajstić information content (AvgIpc) is 2.29. The summed E-state index contributed by atoms with van der Waals surface area (Å²) in [7, 11) is -4.63. The number of aromatic nitrogens is 2. The first kappa shape index (κ1) is 13.9. The molecule has 0 atom stereocenters. The highest BCUT2D eigenvalue weighted by Gasteiger charge is 2.16. The van der Waals surface area contributed by atoms with Crippen LogP contribution in [0.3, 0.4) is 0 Å². The van der Waals surface area contributed by atoms with Gasteiger partial charge < -0.3 is 9.79 Å². The van der Waals surface area contributed by atoms with E-state index in [1.54, 1.807) is 19.1 Å². The zero-order valence-electron chi connectivity index (χ0n) is 10.4. The molecule has 0 aliphatic rings. The van der Waals surface area contributed by atoms with Crippen LogP contribution in [-0.2, 0) is 15.8 Å². The van der Waals surface area contributed by atoms with E-state index >= 15 is 0 Å². The van der Waals surface area contributed by atoms with E-state index in [1.165, 1.54) is 0 Å². The Labute approximate surface area is 108 Å². The fourth-order valence-corrected chi connectivity index (χ4v) is 2.05. The number of para-hydroxylation sites is 1. The van der Waals surface area contributed by atoms with Gasteiger partial charge in [-0.1, -0.05) is 12.1 Å². The van der Waals surface area contributed by atoms with Crippen LogP contribution in [0.25, 0.3) is 10.9 Å². The minimum Gasteiger partial charge on any atom is -0.303 e. The van der Waals surface area contributed by atoms with Crippen molar-refractivity contribution in [1.82, 2.24) is 9.55 Å². The lowest BCUT2D eigenvalue weighted by molar-refractivity contribution is 0.149. The summed E-state index contributed by atoms with van der Waals surface area (Å²) >= 11 is 0. The Morgan fingerprint density at radius 1 is 1.37 bits per heavy atom. The van der Waals surface area contributed by atoms with Gasteiger partial charge in [0.25, 0.3) is 5.56 Å². The molecule has 0 aliphatic carbocycles. The number of benzene rings is 1. The molecule has 1 aromatic heterocycles. The number of aryl methyl sites for hydroxylation is 2. The van der Waals surface area contributed by atoms with Gasteiger partial charge in [-0.2, -0.15) is 0 Å². The van der Waals surface area contributed by atoms with Gasteiger partial charge >= 0.3 is 7.82 Å². The molecule has 0 spiro atoms. The van der Waals surface area contributed by atoms with Crippen LogP contribution < -0.4 is 5.56 Å². The van der Waals surface area contributed by atoms with Crippen LogP contribution in [0.4, 0.5) is 0 Å². The summed E-state index contributed by atoms with van der Waals surface area (Å²) in [5.41, 5.74) is 1.05. The standard InChI is InChI=1S/C11H13N2O5P/c1-7-4-3-5-9-10(7)12-8(2)13(11(9)14)6-18-19(15,16)17/h3-5H,6H2,1-2H3,(H2,15,16,17). The number of fused-ring (bicyclic) bond motifs is 1. The molecule has 19 heavy (non-hydrogen) atoms. The lowest BCUT2D eigenvalue weighted by Crippen LogP contribution is -2.25. The van der Waals surface area contributed by atoms with E-state index in [9.17, 15) is 9.36 Å². The first-order chi connectivity index (χ1) is 8.79. The van der Waals surface area contributed by atoms with Crippen molar-refractivity contribution in [3.8, 4) is 0 Å². The SMILES string of the molecule is Cc1cccc2c(=O)n(COP(=O)(O)O)c(C)nc12. The molecule has 0 radical (unpaired) electrons. The highest BCUT2D eigenvalue weighted by Crippen LogP contribution is 2.36. The normalized spacial score (nSPS) is 12.0. The van der Waals surface area contributed by atoms with E-state index in [0.29, 0.717) is 16.7 Å². The lowest BCUT2D eigenvalue weighted by Gasteiger charge is -2.12. The largest absolute Gasteiger partial charge is 0.471 e. The van der Waals surface area contributed by atoms with Crippen LogP contribution in [0.15, 0.2) is 23.0 Å². The molecule has 0 unspecified atom stereocenters. The van der Waals surface area contributed by atoms with Gasteiger partial charge in [0, 0.05) is 0 Å². The predicted octanol–water partition coefficient (Wildman–Crippen LogP) is 1.08. The van der Waals surface area contributed by atoms with Crippen LogP contribution in [-0.4, -0.2) is 19.3 Å². The van der Waals surface area contributed by atoms with Crippen molar-refractivity contribution >= 4 is 18.7 Å². The van der Waals surface area contributed by atoms with Crippen LogP contribution in [0.1, 0.15) is 11.4 Å². The topological polar surface area (TPSA) is 102 Å². The summed E-state index contributed by atoms with van der Waals surface area (Å²) in [4.78, 5) is 33.8. The van der Waals surface area contributed by atoms with Crippen molar-refractivity contribution in [2.24, 2.45) is 0 Å². The van der Waals surface area contributed by atoms with Gasteiger partial charge in [-0.15, -0.1) is 0 Å². The highest BCUT2D eigenvalue weighted by molar-refractivity contribution is 7.46. The fourth-order valence-electron chi connectivity index (χ4n) is 1.78. The third-order valence-electron chi connectivity index (χ3n) is 2.73. The smallest absolute Gasteiger partial charge is 0.303 e. The van der Waals surface area contributed by atoms with Gasteiger partial charge in [0.1, 0.15) is 12.6 Å². The molecule has 7 nitrogen and oxygen atoms in total. The molecule has 0 fully saturated rings. The number of hydrogen-bond donors (Lipinski definition) is 2. The van der Waals surface area contributed by atoms with Gasteiger partial charge in [0.2, 0.25) is 0 Å². The average molecular weight is 284 g/mol. The van der Waals surface area contributed by atoms with Crippen molar-refractivity contribution < 1.29 is 18.9 Å². The van der Waals surface area contributed by atoms with Crippen molar-refractivity contribution in [3.63, 3.8) is 0 Å². The molecule has 0 aliphatic heterocycles. The van der Waals surface area contributed by atoms with Crippen LogP contribution in [0.2, 0.25) is 0 Å². The first-order valence-corrected chi connectivity index (χ1v) is 6.99. The third kappa shape index (κ3) is 2.90. The quantitative estimate of drug-likeness (QED) is 0.818. The summed E-state index contributed by atoms with van der Waals surface area (Å²) in [6.07, 6.45) is 0. The molecule has 0 saturated carbocycles. The van der Waals surface area contributed by atoms with Crippen molar-refractivity contribution in [3.05, 3.63) is 39.9 Å².